The largest absolute Gasteiger partial charge is 0.241 e. The number of aryl methyl sites for hydroxylation is 2. The van der Waals surface area contributed by atoms with E-state index in [0.29, 0.717) is 0 Å². The van der Waals surface area contributed by atoms with Crippen LogP contribution in [-0.4, -0.2) is 9.97 Å². The minimum absolute atomic E-state index is 0.861. The lowest BCUT2D eigenvalue weighted by Gasteiger charge is -2.06. The second-order valence-corrected chi connectivity index (χ2v) is 6.33. The number of para-hydroxylation sites is 1. The van der Waals surface area contributed by atoms with Crippen LogP contribution in [-0.2, 0) is 19.3 Å². The van der Waals surface area contributed by atoms with Gasteiger partial charge in [-0.05, 0) is 35.6 Å². The standard InChI is InChI=1S/C23H20N2/c1-2-7-18(8-3-1)15-20-10-6-9-19(16-20)13-14-23-24-17-21-11-4-5-12-22(21)25-23/h1-12,16-17H,13-15H2. The Morgan fingerprint density at radius 1 is 0.640 bits per heavy atom. The van der Waals surface area contributed by atoms with Gasteiger partial charge in [-0.1, -0.05) is 72.8 Å². The molecular formula is C23H20N2. The lowest BCUT2D eigenvalue weighted by molar-refractivity contribution is 0.868. The summed E-state index contributed by atoms with van der Waals surface area (Å²) in [6, 6.07) is 27.6. The van der Waals surface area contributed by atoms with Crippen molar-refractivity contribution in [3.05, 3.63) is 108 Å². The zero-order valence-electron chi connectivity index (χ0n) is 14.1. The predicted octanol–water partition coefficient (Wildman–Crippen LogP) is 5.01. The van der Waals surface area contributed by atoms with Crippen LogP contribution in [0.15, 0.2) is 85.1 Å². The van der Waals surface area contributed by atoms with Gasteiger partial charge in [0.05, 0.1) is 5.52 Å². The molecular weight excluding hydrogens is 304 g/mol. The molecule has 0 aliphatic carbocycles. The Morgan fingerprint density at radius 3 is 2.32 bits per heavy atom. The van der Waals surface area contributed by atoms with Crippen LogP contribution in [0, 0.1) is 0 Å². The number of benzene rings is 3. The van der Waals surface area contributed by atoms with Crippen LogP contribution in [0.4, 0.5) is 0 Å². The second-order valence-electron chi connectivity index (χ2n) is 6.33. The third-order valence-corrected chi connectivity index (χ3v) is 4.42. The molecule has 0 saturated heterocycles. The Hall–Kier alpha value is -3.00. The molecule has 3 aromatic carbocycles. The van der Waals surface area contributed by atoms with E-state index in [-0.39, 0.29) is 0 Å². The first-order valence-corrected chi connectivity index (χ1v) is 8.69. The number of hydrogen-bond donors (Lipinski definition) is 0. The van der Waals surface area contributed by atoms with Gasteiger partial charge in [0.1, 0.15) is 5.82 Å². The zero-order chi connectivity index (χ0) is 16.9. The molecule has 0 spiro atoms. The van der Waals surface area contributed by atoms with Gasteiger partial charge in [0.2, 0.25) is 0 Å². The average molecular weight is 324 g/mol. The SMILES string of the molecule is c1ccc(Cc2cccc(CCc3ncc4ccccc4n3)c2)cc1. The van der Waals surface area contributed by atoms with Crippen LogP contribution in [0.1, 0.15) is 22.5 Å². The minimum atomic E-state index is 0.861. The molecule has 0 bridgehead atoms. The fraction of sp³-hybridized carbons (Fsp3) is 0.130. The van der Waals surface area contributed by atoms with Crippen LogP contribution >= 0.6 is 0 Å². The molecule has 122 valence electrons. The fourth-order valence-corrected chi connectivity index (χ4v) is 3.11. The molecule has 0 saturated carbocycles. The molecule has 2 heteroatoms. The third-order valence-electron chi connectivity index (χ3n) is 4.42. The lowest BCUT2D eigenvalue weighted by atomic mass is 10.0. The van der Waals surface area contributed by atoms with Crippen LogP contribution in [0.2, 0.25) is 0 Å². The van der Waals surface area contributed by atoms with E-state index in [4.69, 9.17) is 0 Å². The van der Waals surface area contributed by atoms with E-state index in [1.54, 1.807) is 0 Å². The van der Waals surface area contributed by atoms with Crippen LogP contribution in [0.5, 0.6) is 0 Å². The highest BCUT2D eigenvalue weighted by Crippen LogP contribution is 2.14. The highest BCUT2D eigenvalue weighted by molar-refractivity contribution is 5.77. The average Bonchev–Trinajstić information content (AvgIpc) is 2.67. The highest BCUT2D eigenvalue weighted by Gasteiger charge is 2.03. The maximum absolute atomic E-state index is 4.67. The summed E-state index contributed by atoms with van der Waals surface area (Å²) in [6.07, 6.45) is 4.71. The normalized spacial score (nSPS) is 10.9. The summed E-state index contributed by atoms with van der Waals surface area (Å²) in [5.41, 5.74) is 5.05. The highest BCUT2D eigenvalue weighted by atomic mass is 14.9. The Morgan fingerprint density at radius 2 is 1.40 bits per heavy atom. The summed E-state index contributed by atoms with van der Waals surface area (Å²) in [6.45, 7) is 0. The van der Waals surface area contributed by atoms with E-state index in [9.17, 15) is 0 Å². The maximum atomic E-state index is 4.67. The number of fused-ring (bicyclic) bond motifs is 1. The smallest absolute Gasteiger partial charge is 0.129 e. The molecule has 0 aliphatic heterocycles. The quantitative estimate of drug-likeness (QED) is 0.516. The van der Waals surface area contributed by atoms with E-state index in [0.717, 1.165) is 36.0 Å². The summed E-state index contributed by atoms with van der Waals surface area (Å²) < 4.78 is 0. The van der Waals surface area contributed by atoms with Crippen molar-refractivity contribution in [2.45, 2.75) is 19.3 Å². The Bertz CT molecular complexity index is 977. The van der Waals surface area contributed by atoms with Crippen molar-refractivity contribution in [1.29, 1.82) is 0 Å². The van der Waals surface area contributed by atoms with Gasteiger partial charge in [-0.25, -0.2) is 9.97 Å². The minimum Gasteiger partial charge on any atom is -0.241 e. The van der Waals surface area contributed by atoms with E-state index >= 15 is 0 Å². The molecule has 4 rings (SSSR count). The molecule has 4 aromatic rings. The molecule has 0 aliphatic rings. The molecule has 0 radical (unpaired) electrons. The van der Waals surface area contributed by atoms with Crippen molar-refractivity contribution in [2.24, 2.45) is 0 Å². The molecule has 0 unspecified atom stereocenters. The first-order valence-electron chi connectivity index (χ1n) is 8.69. The van der Waals surface area contributed by atoms with Crippen molar-refractivity contribution in [2.75, 3.05) is 0 Å². The Balaban J connectivity index is 1.46. The topological polar surface area (TPSA) is 25.8 Å². The van der Waals surface area contributed by atoms with Crippen molar-refractivity contribution in [3.8, 4) is 0 Å². The third kappa shape index (κ3) is 3.92. The van der Waals surface area contributed by atoms with Gasteiger partial charge in [-0.15, -0.1) is 0 Å². The number of aromatic nitrogens is 2. The first kappa shape index (κ1) is 15.5. The van der Waals surface area contributed by atoms with E-state index in [1.165, 1.54) is 16.7 Å². The van der Waals surface area contributed by atoms with Crippen molar-refractivity contribution in [3.63, 3.8) is 0 Å². The van der Waals surface area contributed by atoms with Crippen molar-refractivity contribution < 1.29 is 0 Å². The maximum Gasteiger partial charge on any atom is 0.129 e. The van der Waals surface area contributed by atoms with Crippen molar-refractivity contribution >= 4 is 10.9 Å². The molecule has 2 nitrogen and oxygen atoms in total. The number of rotatable bonds is 5. The van der Waals surface area contributed by atoms with Gasteiger partial charge in [-0.3, -0.25) is 0 Å². The van der Waals surface area contributed by atoms with Gasteiger partial charge >= 0.3 is 0 Å². The second kappa shape index (κ2) is 7.27. The van der Waals surface area contributed by atoms with E-state index in [2.05, 4.69) is 64.6 Å². The number of nitrogens with zero attached hydrogens (tertiary/aromatic N) is 2. The summed E-state index contributed by atoms with van der Waals surface area (Å²) in [7, 11) is 0. The molecule has 1 heterocycles. The molecule has 1 aromatic heterocycles. The van der Waals surface area contributed by atoms with E-state index in [1.807, 2.05) is 30.5 Å². The summed E-state index contributed by atoms with van der Waals surface area (Å²) in [5.74, 6) is 0.909. The van der Waals surface area contributed by atoms with E-state index < -0.39 is 0 Å². The molecule has 0 N–H and O–H groups in total. The summed E-state index contributed by atoms with van der Waals surface area (Å²) in [4.78, 5) is 9.17. The van der Waals surface area contributed by atoms with Gasteiger partial charge in [0.15, 0.2) is 0 Å². The molecule has 0 fully saturated rings. The Kier molecular flexibility index (Phi) is 4.51. The van der Waals surface area contributed by atoms with Crippen LogP contribution in [0.3, 0.4) is 0 Å². The van der Waals surface area contributed by atoms with Crippen LogP contribution in [0.25, 0.3) is 10.9 Å². The lowest BCUT2D eigenvalue weighted by Crippen LogP contribution is -1.99. The van der Waals surface area contributed by atoms with Gasteiger partial charge in [0, 0.05) is 18.0 Å². The molecule has 0 atom stereocenters. The van der Waals surface area contributed by atoms with Gasteiger partial charge < -0.3 is 0 Å². The van der Waals surface area contributed by atoms with Crippen LogP contribution < -0.4 is 0 Å². The van der Waals surface area contributed by atoms with Gasteiger partial charge in [0.25, 0.3) is 0 Å². The molecule has 0 amide bonds. The Labute approximate surface area is 148 Å². The fourth-order valence-electron chi connectivity index (χ4n) is 3.11. The summed E-state index contributed by atoms with van der Waals surface area (Å²) in [5, 5.41) is 1.09. The number of hydrogen-bond acceptors (Lipinski definition) is 2. The monoisotopic (exact) mass is 324 g/mol. The first-order chi connectivity index (χ1) is 12.4. The molecule has 25 heavy (non-hydrogen) atoms. The zero-order valence-corrected chi connectivity index (χ0v) is 14.1. The van der Waals surface area contributed by atoms with Gasteiger partial charge in [-0.2, -0.15) is 0 Å². The van der Waals surface area contributed by atoms with Crippen molar-refractivity contribution in [1.82, 2.24) is 9.97 Å². The summed E-state index contributed by atoms with van der Waals surface area (Å²) >= 11 is 0. The predicted molar refractivity (Wildman–Crippen MR) is 103 cm³/mol.